The molecule has 5 heteroatoms. The lowest BCUT2D eigenvalue weighted by molar-refractivity contribution is 0.319. The van der Waals surface area contributed by atoms with Gasteiger partial charge in [-0.05, 0) is 80.8 Å². The Labute approximate surface area is 191 Å². The molecule has 1 aromatic carbocycles. The first-order valence-electron chi connectivity index (χ1n) is 10.7. The Morgan fingerprint density at radius 2 is 1.84 bits per heavy atom. The van der Waals surface area contributed by atoms with Crippen LogP contribution in [0.15, 0.2) is 77.2 Å². The number of benzene rings is 1. The number of rotatable bonds is 11. The van der Waals surface area contributed by atoms with Crippen LogP contribution in [0.3, 0.4) is 0 Å². The molecule has 32 heavy (non-hydrogen) atoms. The van der Waals surface area contributed by atoms with Crippen molar-refractivity contribution in [1.29, 1.82) is 0 Å². The van der Waals surface area contributed by atoms with E-state index in [-0.39, 0.29) is 0 Å². The molecule has 1 N–H and O–H groups in total. The fraction of sp³-hybridized carbons (Fsp3) is 0.259. The second-order valence-corrected chi connectivity index (χ2v) is 7.42. The maximum absolute atomic E-state index is 5.81. The van der Waals surface area contributed by atoms with Crippen molar-refractivity contribution in [3.63, 3.8) is 0 Å². The highest BCUT2D eigenvalue weighted by molar-refractivity contribution is 5.96. The topological polar surface area (TPSA) is 59.5 Å². The standard InChI is InChI=1S/C27H33N3O2/c1-7-8-9-26(28-6)19-31-27-16-12-23(13-17-27)11-15-25-18-24(29-30-25)14-10-21(4)32-22(5)20(2)3/h8-18H,4,7,19H2,1-3,5-6H3,(H,29,30)/b9-8-,14-10+,15-11+,28-26?. The molecule has 0 aliphatic carbocycles. The first-order valence-corrected chi connectivity index (χ1v) is 10.7. The summed E-state index contributed by atoms with van der Waals surface area (Å²) in [6.07, 6.45) is 12.7. The number of ether oxygens (including phenoxy) is 2. The summed E-state index contributed by atoms with van der Waals surface area (Å²) in [4.78, 5) is 4.23. The summed E-state index contributed by atoms with van der Waals surface area (Å²) in [6.45, 7) is 12.4. The summed E-state index contributed by atoms with van der Waals surface area (Å²) >= 11 is 0. The number of H-pyrrole nitrogens is 1. The van der Waals surface area contributed by atoms with E-state index in [9.17, 15) is 0 Å². The molecule has 0 spiro atoms. The summed E-state index contributed by atoms with van der Waals surface area (Å²) in [5.41, 5.74) is 4.81. The van der Waals surface area contributed by atoms with Gasteiger partial charge in [-0.2, -0.15) is 5.10 Å². The molecule has 0 aliphatic rings. The molecular formula is C27H33N3O2. The molecular weight excluding hydrogens is 398 g/mol. The van der Waals surface area contributed by atoms with Gasteiger partial charge >= 0.3 is 0 Å². The van der Waals surface area contributed by atoms with Crippen LogP contribution in [0.5, 0.6) is 5.75 Å². The molecule has 0 bridgehead atoms. The van der Waals surface area contributed by atoms with Crippen LogP contribution in [0.25, 0.3) is 18.2 Å². The van der Waals surface area contributed by atoms with Gasteiger partial charge in [-0.15, -0.1) is 0 Å². The maximum atomic E-state index is 5.81. The van der Waals surface area contributed by atoms with E-state index in [2.05, 4.69) is 34.8 Å². The Morgan fingerprint density at radius 1 is 1.09 bits per heavy atom. The quantitative estimate of drug-likeness (QED) is 0.240. The number of aromatic amines is 1. The third-order valence-corrected chi connectivity index (χ3v) is 4.60. The van der Waals surface area contributed by atoms with Crippen LogP contribution in [-0.4, -0.2) is 29.6 Å². The van der Waals surface area contributed by atoms with Crippen LogP contribution in [0.1, 0.15) is 51.1 Å². The van der Waals surface area contributed by atoms with Crippen LogP contribution in [0, 0.1) is 0 Å². The molecule has 0 saturated heterocycles. The minimum absolute atomic E-state index is 0.455. The van der Waals surface area contributed by atoms with Gasteiger partial charge in [-0.3, -0.25) is 10.1 Å². The van der Waals surface area contributed by atoms with Crippen LogP contribution < -0.4 is 4.74 Å². The van der Waals surface area contributed by atoms with E-state index in [0.29, 0.717) is 12.4 Å². The lowest BCUT2D eigenvalue weighted by atomic mass is 10.2. The Kier molecular flexibility index (Phi) is 9.98. The van der Waals surface area contributed by atoms with Gasteiger partial charge in [0.1, 0.15) is 18.1 Å². The van der Waals surface area contributed by atoms with Gasteiger partial charge in [0.15, 0.2) is 0 Å². The Morgan fingerprint density at radius 3 is 2.50 bits per heavy atom. The zero-order valence-electron chi connectivity index (χ0n) is 19.7. The monoisotopic (exact) mass is 431 g/mol. The Hall–Kier alpha value is -3.60. The minimum atomic E-state index is 0.455. The molecule has 0 unspecified atom stereocenters. The predicted octanol–water partition coefficient (Wildman–Crippen LogP) is 6.85. The van der Waals surface area contributed by atoms with Crippen LogP contribution in [0.4, 0.5) is 0 Å². The largest absolute Gasteiger partial charge is 0.487 e. The summed E-state index contributed by atoms with van der Waals surface area (Å²) in [5, 5.41) is 7.31. The smallest absolute Gasteiger partial charge is 0.130 e. The lowest BCUT2D eigenvalue weighted by Crippen LogP contribution is -2.08. The first-order chi connectivity index (χ1) is 15.4. The van der Waals surface area contributed by atoms with E-state index < -0.39 is 0 Å². The average molecular weight is 432 g/mol. The van der Waals surface area contributed by atoms with Gasteiger partial charge in [0.25, 0.3) is 0 Å². The summed E-state index contributed by atoms with van der Waals surface area (Å²) in [6, 6.07) is 9.89. The number of hydrogen-bond acceptors (Lipinski definition) is 4. The molecule has 5 nitrogen and oxygen atoms in total. The molecule has 2 aromatic rings. The van der Waals surface area contributed by atoms with E-state index in [4.69, 9.17) is 9.47 Å². The molecule has 2 rings (SSSR count). The van der Waals surface area contributed by atoms with E-state index in [1.807, 2.05) is 81.5 Å². The molecule has 1 aromatic heterocycles. The van der Waals surface area contributed by atoms with Gasteiger partial charge in [0.2, 0.25) is 0 Å². The Balaban J connectivity index is 1.90. The van der Waals surface area contributed by atoms with Crippen molar-refractivity contribution in [3.05, 3.63) is 89.2 Å². The molecule has 0 atom stereocenters. The Bertz CT molecular complexity index is 1030. The molecule has 0 saturated carbocycles. The SMILES string of the molecule is C=C(/C=C/c1cc(/C=C/c2ccc(OCC(/C=C\CC)=NC)cc2)n[nH]1)OC(C)=C(C)C. The van der Waals surface area contributed by atoms with Crippen LogP contribution >= 0.6 is 0 Å². The maximum Gasteiger partial charge on any atom is 0.130 e. The third-order valence-electron chi connectivity index (χ3n) is 4.60. The highest BCUT2D eigenvalue weighted by Crippen LogP contribution is 2.15. The normalized spacial score (nSPS) is 12.1. The van der Waals surface area contributed by atoms with Gasteiger partial charge in [0, 0.05) is 7.05 Å². The number of aromatic nitrogens is 2. The van der Waals surface area contributed by atoms with Crippen molar-refractivity contribution >= 4 is 23.9 Å². The molecule has 0 fully saturated rings. The second-order valence-electron chi connectivity index (χ2n) is 7.42. The number of nitrogens with zero attached hydrogens (tertiary/aromatic N) is 2. The van der Waals surface area contributed by atoms with Crippen molar-refractivity contribution < 1.29 is 9.47 Å². The number of hydrogen-bond donors (Lipinski definition) is 1. The molecule has 168 valence electrons. The fourth-order valence-corrected chi connectivity index (χ4v) is 2.49. The number of allylic oxidation sites excluding steroid dienone is 4. The average Bonchev–Trinajstić information content (AvgIpc) is 3.25. The molecule has 0 aliphatic heterocycles. The zero-order chi connectivity index (χ0) is 23.3. The van der Waals surface area contributed by atoms with Crippen molar-refractivity contribution in [1.82, 2.24) is 10.2 Å². The zero-order valence-corrected chi connectivity index (χ0v) is 19.7. The van der Waals surface area contributed by atoms with Crippen molar-refractivity contribution in [2.75, 3.05) is 13.7 Å². The van der Waals surface area contributed by atoms with E-state index >= 15 is 0 Å². The summed E-state index contributed by atoms with van der Waals surface area (Å²) in [5.74, 6) is 2.25. The summed E-state index contributed by atoms with van der Waals surface area (Å²) in [7, 11) is 1.78. The molecule has 0 radical (unpaired) electrons. The van der Waals surface area contributed by atoms with Gasteiger partial charge in [0.05, 0.1) is 22.9 Å². The van der Waals surface area contributed by atoms with Gasteiger partial charge in [-0.1, -0.05) is 37.8 Å². The van der Waals surface area contributed by atoms with Gasteiger partial charge in [-0.25, -0.2) is 0 Å². The second kappa shape index (κ2) is 13.0. The van der Waals surface area contributed by atoms with Crippen LogP contribution in [-0.2, 0) is 4.74 Å². The third kappa shape index (κ3) is 8.64. The predicted molar refractivity (Wildman–Crippen MR) is 136 cm³/mol. The molecule has 0 amide bonds. The van der Waals surface area contributed by atoms with Crippen molar-refractivity contribution in [2.24, 2.45) is 4.99 Å². The van der Waals surface area contributed by atoms with Crippen molar-refractivity contribution in [3.8, 4) is 5.75 Å². The fourth-order valence-electron chi connectivity index (χ4n) is 2.49. The van der Waals surface area contributed by atoms with Crippen LogP contribution in [0.2, 0.25) is 0 Å². The lowest BCUT2D eigenvalue weighted by Gasteiger charge is -2.06. The molecule has 1 heterocycles. The van der Waals surface area contributed by atoms with E-state index in [1.54, 1.807) is 7.05 Å². The van der Waals surface area contributed by atoms with Crippen molar-refractivity contribution in [2.45, 2.75) is 34.1 Å². The highest BCUT2D eigenvalue weighted by atomic mass is 16.5. The van der Waals surface area contributed by atoms with E-state index in [0.717, 1.165) is 46.2 Å². The van der Waals surface area contributed by atoms with Gasteiger partial charge < -0.3 is 9.47 Å². The van der Waals surface area contributed by atoms with E-state index in [1.165, 1.54) is 0 Å². The highest BCUT2D eigenvalue weighted by Gasteiger charge is 1.99. The number of aliphatic imine (C=N–C) groups is 1. The summed E-state index contributed by atoms with van der Waals surface area (Å²) < 4.78 is 11.4. The minimum Gasteiger partial charge on any atom is -0.487 e. The first kappa shape index (κ1) is 24.7. The number of nitrogens with one attached hydrogen (secondary N) is 1.